The lowest BCUT2D eigenvalue weighted by molar-refractivity contribution is 0.524. The zero-order valence-electron chi connectivity index (χ0n) is 8.00. The molecule has 1 nitrogen and oxygen atoms in total. The molecule has 1 atom stereocenters. The topological polar surface area (TPSA) is 26.0 Å². The van der Waals surface area contributed by atoms with Gasteiger partial charge in [-0.15, -0.1) is 11.8 Å². The van der Waals surface area contributed by atoms with E-state index >= 15 is 0 Å². The van der Waals surface area contributed by atoms with Gasteiger partial charge in [0, 0.05) is 4.90 Å². The molecule has 0 saturated heterocycles. The Labute approximate surface area is 94.0 Å². The zero-order chi connectivity index (χ0) is 9.97. The van der Waals surface area contributed by atoms with Gasteiger partial charge in [-0.25, -0.2) is 0 Å². The summed E-state index contributed by atoms with van der Waals surface area (Å²) in [7, 11) is 0. The van der Waals surface area contributed by atoms with Crippen molar-refractivity contribution in [2.75, 3.05) is 12.3 Å². The molecular weight excluding hydrogens is 214 g/mol. The summed E-state index contributed by atoms with van der Waals surface area (Å²) in [6.45, 7) is 0.784. The van der Waals surface area contributed by atoms with E-state index in [-0.39, 0.29) is 0 Å². The first kappa shape index (κ1) is 10.3. The molecule has 0 aliphatic carbocycles. The van der Waals surface area contributed by atoms with Crippen molar-refractivity contribution in [1.82, 2.24) is 0 Å². The third-order valence-electron chi connectivity index (χ3n) is 2.66. The minimum Gasteiger partial charge on any atom is -0.330 e. The SMILES string of the molecule is NCC1CCSc2c(Cl)cccc2C1. The quantitative estimate of drug-likeness (QED) is 0.799. The summed E-state index contributed by atoms with van der Waals surface area (Å²) >= 11 is 8.02. The predicted octanol–water partition coefficient (Wildman–Crippen LogP) is 2.95. The van der Waals surface area contributed by atoms with E-state index in [0.29, 0.717) is 5.92 Å². The fourth-order valence-corrected chi connectivity index (χ4v) is 3.37. The monoisotopic (exact) mass is 227 g/mol. The van der Waals surface area contributed by atoms with Gasteiger partial charge in [0.1, 0.15) is 0 Å². The maximum atomic E-state index is 6.15. The number of rotatable bonds is 1. The Hall–Kier alpha value is -0.180. The van der Waals surface area contributed by atoms with E-state index in [9.17, 15) is 0 Å². The first-order valence-corrected chi connectivity index (χ1v) is 6.28. The molecule has 14 heavy (non-hydrogen) atoms. The summed E-state index contributed by atoms with van der Waals surface area (Å²) in [6, 6.07) is 6.17. The van der Waals surface area contributed by atoms with Crippen molar-refractivity contribution < 1.29 is 0 Å². The number of fused-ring (bicyclic) bond motifs is 1. The molecule has 0 amide bonds. The third kappa shape index (κ3) is 2.08. The number of halogens is 1. The number of hydrogen-bond donors (Lipinski definition) is 1. The van der Waals surface area contributed by atoms with Gasteiger partial charge in [0.15, 0.2) is 0 Å². The third-order valence-corrected chi connectivity index (χ3v) is 4.30. The van der Waals surface area contributed by atoms with Crippen LogP contribution in [0.1, 0.15) is 12.0 Å². The van der Waals surface area contributed by atoms with Gasteiger partial charge in [-0.1, -0.05) is 23.7 Å². The van der Waals surface area contributed by atoms with E-state index in [2.05, 4.69) is 6.07 Å². The summed E-state index contributed by atoms with van der Waals surface area (Å²) in [6.07, 6.45) is 2.28. The molecule has 1 aliphatic heterocycles. The Balaban J connectivity index is 2.32. The van der Waals surface area contributed by atoms with Gasteiger partial charge >= 0.3 is 0 Å². The summed E-state index contributed by atoms with van der Waals surface area (Å²) in [4.78, 5) is 1.27. The second kappa shape index (κ2) is 4.56. The normalized spacial score (nSPS) is 21.4. The van der Waals surface area contributed by atoms with E-state index in [1.807, 2.05) is 23.9 Å². The number of hydrogen-bond acceptors (Lipinski definition) is 2. The molecule has 76 valence electrons. The smallest absolute Gasteiger partial charge is 0.0544 e. The minimum atomic E-state index is 0.627. The standard InChI is InChI=1S/C11H14ClNS/c12-10-3-1-2-9-6-8(7-13)4-5-14-11(9)10/h1-3,8H,4-7,13H2. The van der Waals surface area contributed by atoms with Crippen LogP contribution < -0.4 is 5.73 Å². The van der Waals surface area contributed by atoms with Gasteiger partial charge in [0.05, 0.1) is 5.02 Å². The molecule has 0 saturated carbocycles. The van der Waals surface area contributed by atoms with Gasteiger partial charge in [0.2, 0.25) is 0 Å². The molecule has 1 aliphatic rings. The highest BCUT2D eigenvalue weighted by molar-refractivity contribution is 7.99. The van der Waals surface area contributed by atoms with Gasteiger partial charge in [-0.2, -0.15) is 0 Å². The van der Waals surface area contributed by atoms with E-state index < -0.39 is 0 Å². The van der Waals surface area contributed by atoms with Crippen molar-refractivity contribution in [2.24, 2.45) is 11.7 Å². The van der Waals surface area contributed by atoms with Gasteiger partial charge in [-0.05, 0) is 42.7 Å². The first-order chi connectivity index (χ1) is 6.81. The van der Waals surface area contributed by atoms with E-state index in [4.69, 9.17) is 17.3 Å². The van der Waals surface area contributed by atoms with E-state index in [1.165, 1.54) is 16.9 Å². The largest absolute Gasteiger partial charge is 0.330 e. The van der Waals surface area contributed by atoms with Gasteiger partial charge in [0.25, 0.3) is 0 Å². The first-order valence-electron chi connectivity index (χ1n) is 4.91. The lowest BCUT2D eigenvalue weighted by atomic mass is 9.97. The number of benzene rings is 1. The van der Waals surface area contributed by atoms with Crippen LogP contribution in [0.15, 0.2) is 23.1 Å². The highest BCUT2D eigenvalue weighted by Gasteiger charge is 2.17. The van der Waals surface area contributed by atoms with Crippen LogP contribution in [-0.2, 0) is 6.42 Å². The van der Waals surface area contributed by atoms with E-state index in [1.54, 1.807) is 0 Å². The lowest BCUT2D eigenvalue weighted by Crippen LogP contribution is -2.16. The van der Waals surface area contributed by atoms with Crippen molar-refractivity contribution in [3.8, 4) is 0 Å². The second-order valence-corrected chi connectivity index (χ2v) is 5.18. The van der Waals surface area contributed by atoms with Crippen molar-refractivity contribution in [3.63, 3.8) is 0 Å². The van der Waals surface area contributed by atoms with Crippen LogP contribution in [0.4, 0.5) is 0 Å². The molecule has 2 rings (SSSR count). The van der Waals surface area contributed by atoms with Crippen molar-refractivity contribution in [2.45, 2.75) is 17.7 Å². The Morgan fingerprint density at radius 3 is 3.14 bits per heavy atom. The molecule has 1 aromatic carbocycles. The van der Waals surface area contributed by atoms with Gasteiger partial charge in [-0.3, -0.25) is 0 Å². The highest BCUT2D eigenvalue weighted by atomic mass is 35.5. The van der Waals surface area contributed by atoms with Crippen LogP contribution in [0.2, 0.25) is 5.02 Å². The van der Waals surface area contributed by atoms with Crippen LogP contribution in [0.5, 0.6) is 0 Å². The second-order valence-electron chi connectivity index (χ2n) is 3.67. The number of nitrogens with two attached hydrogens (primary N) is 1. The maximum Gasteiger partial charge on any atom is 0.0544 e. The summed E-state index contributed by atoms with van der Waals surface area (Å²) in [5.41, 5.74) is 7.10. The molecule has 0 radical (unpaired) electrons. The zero-order valence-corrected chi connectivity index (χ0v) is 9.57. The molecule has 2 N–H and O–H groups in total. The molecule has 1 heterocycles. The Morgan fingerprint density at radius 2 is 2.36 bits per heavy atom. The fraction of sp³-hybridized carbons (Fsp3) is 0.455. The summed E-state index contributed by atoms with van der Waals surface area (Å²) in [5, 5.41) is 0.894. The van der Waals surface area contributed by atoms with Crippen LogP contribution >= 0.6 is 23.4 Å². The van der Waals surface area contributed by atoms with Gasteiger partial charge < -0.3 is 5.73 Å². The molecular formula is C11H14ClNS. The lowest BCUT2D eigenvalue weighted by Gasteiger charge is -2.11. The van der Waals surface area contributed by atoms with Crippen molar-refractivity contribution >= 4 is 23.4 Å². The van der Waals surface area contributed by atoms with Crippen LogP contribution in [-0.4, -0.2) is 12.3 Å². The van der Waals surface area contributed by atoms with Crippen LogP contribution in [0, 0.1) is 5.92 Å². The van der Waals surface area contributed by atoms with Crippen molar-refractivity contribution in [3.05, 3.63) is 28.8 Å². The molecule has 1 unspecified atom stereocenters. The average molecular weight is 228 g/mol. The number of thioether (sulfide) groups is 1. The molecule has 3 heteroatoms. The molecule has 0 bridgehead atoms. The van der Waals surface area contributed by atoms with Crippen molar-refractivity contribution in [1.29, 1.82) is 0 Å². The van der Waals surface area contributed by atoms with E-state index in [0.717, 1.165) is 23.7 Å². The molecule has 1 aromatic rings. The Kier molecular flexibility index (Phi) is 3.37. The highest BCUT2D eigenvalue weighted by Crippen LogP contribution is 2.36. The molecule has 0 aromatic heterocycles. The molecule has 0 spiro atoms. The summed E-state index contributed by atoms with van der Waals surface area (Å²) < 4.78 is 0. The van der Waals surface area contributed by atoms with Crippen LogP contribution in [0.25, 0.3) is 0 Å². The minimum absolute atomic E-state index is 0.627. The fourth-order valence-electron chi connectivity index (χ4n) is 1.82. The van der Waals surface area contributed by atoms with Crippen LogP contribution in [0.3, 0.4) is 0 Å². The average Bonchev–Trinajstić information content (AvgIpc) is 2.40. The Bertz CT molecular complexity index is 327. The summed E-state index contributed by atoms with van der Waals surface area (Å²) in [5.74, 6) is 1.76. The Morgan fingerprint density at radius 1 is 1.50 bits per heavy atom. The maximum absolute atomic E-state index is 6.15. The predicted molar refractivity (Wildman–Crippen MR) is 63.0 cm³/mol. The molecule has 0 fully saturated rings.